The van der Waals surface area contributed by atoms with Crippen molar-refractivity contribution in [3.8, 4) is 23.0 Å². The Balaban J connectivity index is 0.908. The molecule has 4 aliphatic heterocycles. The predicted molar refractivity (Wildman–Crippen MR) is 279 cm³/mol. The zero-order valence-corrected chi connectivity index (χ0v) is 41.6. The second-order valence-electron chi connectivity index (χ2n) is 18.3. The number of methoxy groups -OCH3 is 2. The molecule has 0 bridgehead atoms. The lowest BCUT2D eigenvalue weighted by atomic mass is 10.1. The molecule has 0 saturated carbocycles. The average molecular weight is 1020 g/mol. The van der Waals surface area contributed by atoms with Crippen molar-refractivity contribution < 1.29 is 52.5 Å². The smallest absolute Gasteiger partial charge is 0.261 e. The van der Waals surface area contributed by atoms with E-state index < -0.39 is 36.7 Å². The summed E-state index contributed by atoms with van der Waals surface area (Å²) >= 11 is 0. The fourth-order valence-electron chi connectivity index (χ4n) is 9.40. The van der Waals surface area contributed by atoms with Crippen molar-refractivity contribution in [2.45, 2.75) is 63.8 Å². The number of benzene rings is 5. The van der Waals surface area contributed by atoms with Gasteiger partial charge in [0.25, 0.3) is 11.8 Å². The zero-order valence-electron chi connectivity index (χ0n) is 41.6. The minimum absolute atomic E-state index is 0.0379. The second kappa shape index (κ2) is 22.4. The predicted octanol–water partition coefficient (Wildman–Crippen LogP) is 4.79. The number of primary amides is 1. The molecule has 20 nitrogen and oxygen atoms in total. The third-order valence-corrected chi connectivity index (χ3v) is 13.3. The van der Waals surface area contributed by atoms with Gasteiger partial charge < -0.3 is 45.5 Å². The van der Waals surface area contributed by atoms with E-state index in [0.29, 0.717) is 88.0 Å². The van der Waals surface area contributed by atoms with Crippen LogP contribution in [0.4, 0.5) is 28.4 Å². The van der Waals surface area contributed by atoms with E-state index in [4.69, 9.17) is 34.7 Å². The fourth-order valence-corrected chi connectivity index (χ4v) is 9.40. The summed E-state index contributed by atoms with van der Waals surface area (Å²) in [6.07, 6.45) is 5.96. The van der Waals surface area contributed by atoms with Crippen LogP contribution in [0.5, 0.6) is 23.0 Å². The number of carbonyl (C=O) groups is 7. The van der Waals surface area contributed by atoms with Crippen LogP contribution >= 0.6 is 0 Å². The Morgan fingerprint density at radius 1 is 0.613 bits per heavy atom. The highest BCUT2D eigenvalue weighted by atomic mass is 16.5. The normalized spacial score (nSPS) is 15.5. The van der Waals surface area contributed by atoms with Crippen molar-refractivity contribution in [2.24, 2.45) is 15.7 Å². The van der Waals surface area contributed by atoms with Crippen molar-refractivity contribution in [3.63, 3.8) is 0 Å². The lowest BCUT2D eigenvalue weighted by molar-refractivity contribution is -0.128. The third-order valence-electron chi connectivity index (χ3n) is 13.3. The first-order valence-corrected chi connectivity index (χ1v) is 24.4. The number of nitrogens with two attached hydrogens (primary N) is 1. The molecule has 0 radical (unpaired) electrons. The number of hydrogen-bond donors (Lipinski definition) is 4. The number of carbonyl (C=O) groups excluding carboxylic acids is 7. The van der Waals surface area contributed by atoms with Crippen LogP contribution in [0.1, 0.15) is 68.7 Å². The maximum Gasteiger partial charge on any atom is 0.261 e. The van der Waals surface area contributed by atoms with Gasteiger partial charge >= 0.3 is 0 Å². The fraction of sp³-hybridized carbons (Fsp3) is 0.291. The Morgan fingerprint density at radius 2 is 1.08 bits per heavy atom. The van der Waals surface area contributed by atoms with Gasteiger partial charge in [-0.2, -0.15) is 0 Å². The van der Waals surface area contributed by atoms with Crippen molar-refractivity contribution in [1.29, 1.82) is 0 Å². The average Bonchev–Trinajstić information content (AvgIpc) is 3.91. The molecule has 5 aromatic rings. The van der Waals surface area contributed by atoms with E-state index in [-0.39, 0.29) is 62.4 Å². The molecule has 7 amide bonds. The van der Waals surface area contributed by atoms with E-state index >= 15 is 0 Å². The number of aliphatic imine (C=N–C) groups is 2. The second-order valence-corrected chi connectivity index (χ2v) is 18.3. The van der Waals surface area contributed by atoms with Gasteiger partial charge in [0.05, 0.1) is 68.4 Å². The molecular formula is C55H55N9O11. The molecule has 75 heavy (non-hydrogen) atoms. The van der Waals surface area contributed by atoms with Crippen LogP contribution in [0.3, 0.4) is 0 Å². The highest BCUT2D eigenvalue weighted by molar-refractivity contribution is 6.16. The molecule has 4 heterocycles. The van der Waals surface area contributed by atoms with Gasteiger partial charge in [-0.15, -0.1) is 0 Å². The highest BCUT2D eigenvalue weighted by Gasteiger charge is 2.38. The van der Waals surface area contributed by atoms with Crippen LogP contribution in [0.2, 0.25) is 0 Å². The summed E-state index contributed by atoms with van der Waals surface area (Å²) in [6, 6.07) is 27.0. The Morgan fingerprint density at radius 3 is 1.57 bits per heavy atom. The summed E-state index contributed by atoms with van der Waals surface area (Å²) in [5.41, 5.74) is 12.1. The van der Waals surface area contributed by atoms with Gasteiger partial charge in [-0.1, -0.05) is 36.4 Å². The number of anilines is 3. The molecule has 0 saturated heterocycles. The van der Waals surface area contributed by atoms with Gasteiger partial charge in [-0.3, -0.25) is 53.3 Å². The molecule has 20 heteroatoms. The number of nitrogens with zero attached hydrogens (tertiary/aromatic N) is 5. The van der Waals surface area contributed by atoms with E-state index in [2.05, 4.69) is 16.0 Å². The molecule has 2 atom stereocenters. The van der Waals surface area contributed by atoms with E-state index in [1.807, 2.05) is 54.6 Å². The summed E-state index contributed by atoms with van der Waals surface area (Å²) in [4.78, 5) is 104. The van der Waals surface area contributed by atoms with Crippen molar-refractivity contribution in [2.75, 3.05) is 55.6 Å². The summed E-state index contributed by atoms with van der Waals surface area (Å²) in [5.74, 6) is -1.77. The third kappa shape index (κ3) is 11.3. The van der Waals surface area contributed by atoms with Crippen LogP contribution in [0, 0.1) is 0 Å². The van der Waals surface area contributed by atoms with Crippen LogP contribution in [0.15, 0.2) is 101 Å². The van der Waals surface area contributed by atoms with Crippen LogP contribution in [0.25, 0.3) is 0 Å². The Bertz CT molecular complexity index is 3010. The number of likely N-dealkylation sites (N-methyl/N-ethyl adjacent to an activating group) is 1. The van der Waals surface area contributed by atoms with Crippen molar-refractivity contribution in [3.05, 3.63) is 124 Å². The van der Waals surface area contributed by atoms with Gasteiger partial charge in [-0.05, 0) is 77.6 Å². The molecule has 386 valence electrons. The molecule has 5 N–H and O–H groups in total. The number of hydrogen-bond acceptors (Lipinski definition) is 13. The lowest BCUT2D eigenvalue weighted by Crippen LogP contribution is -2.44. The topological polar surface area (TPSA) is 253 Å². The molecular weight excluding hydrogens is 963 g/mol. The van der Waals surface area contributed by atoms with E-state index in [0.717, 1.165) is 22.5 Å². The van der Waals surface area contributed by atoms with Crippen molar-refractivity contribution >= 4 is 82.2 Å². The number of unbranched alkanes of at least 4 members (excludes halogenated alkanes) is 1. The van der Waals surface area contributed by atoms with Gasteiger partial charge in [-0.25, -0.2) is 0 Å². The summed E-state index contributed by atoms with van der Waals surface area (Å²) in [6.45, 7) is -1.31. The van der Waals surface area contributed by atoms with Gasteiger partial charge in [0.15, 0.2) is 23.0 Å². The summed E-state index contributed by atoms with van der Waals surface area (Å²) in [7, 11) is 4.51. The largest absolute Gasteiger partial charge is 0.493 e. The van der Waals surface area contributed by atoms with Crippen LogP contribution < -0.4 is 55.3 Å². The Labute approximate surface area is 431 Å². The number of nitrogens with one attached hydrogen (secondary N) is 3. The first-order chi connectivity index (χ1) is 36.3. The van der Waals surface area contributed by atoms with Gasteiger partial charge in [0.1, 0.15) is 13.2 Å². The number of para-hydroxylation sites is 2. The van der Waals surface area contributed by atoms with Gasteiger partial charge in [0.2, 0.25) is 29.5 Å². The number of amides is 7. The van der Waals surface area contributed by atoms with Crippen LogP contribution in [-0.4, -0.2) is 107 Å². The Hall–Kier alpha value is -9.07. The monoisotopic (exact) mass is 1020 g/mol. The molecule has 5 aromatic carbocycles. The number of ether oxygens (including phenoxy) is 4. The quantitative estimate of drug-likeness (QED) is 0.0771. The maximum atomic E-state index is 14.1. The summed E-state index contributed by atoms with van der Waals surface area (Å²) < 4.78 is 24.3. The molecule has 4 aliphatic rings. The summed E-state index contributed by atoms with van der Waals surface area (Å²) in [5, 5.41) is 7.39. The number of rotatable bonds is 20. The molecule has 0 fully saturated rings. The Kier molecular flexibility index (Phi) is 15.2. The molecule has 0 aromatic heterocycles. The van der Waals surface area contributed by atoms with Crippen LogP contribution in [-0.2, 0) is 50.0 Å². The standard InChI is InChI=1S/C55H55N9O11/c1-62(53(69)29-61-52(68)28-60-51(67)27-59-50(66)15-9-8-14-49(56)65)36-17-32(30-74-47-23-41-39(21-45(47)72-2)54(70)63-37(25-57-41)19-34-10-4-6-12-43(34)63)16-33(18-36)31-75-48-24-42-40(22-46(48)73-3)55(71)64-38(26-58-42)20-35-11-5-7-13-44(35)64/h4-7,10-13,16-18,21-26,37-38H,8-9,14-15,19-20,27-31H2,1-3H3,(H2,56,65)(H,59,66)(H,60,67)(H,61,68)/t37-,38-/m0/s1. The SMILES string of the molecule is COc1cc2c(cc1OCc1cc(COc3cc4c(cc3OC)C(=O)N3c5ccccc5C[C@H]3C=N4)cc(N(C)C(=O)CNC(=O)CNC(=O)CNC(=O)CCCCC(N)=O)c1)N=C[C@@H]1Cc3ccccc3N1C2=O. The maximum absolute atomic E-state index is 14.1. The van der Waals surface area contributed by atoms with E-state index in [1.54, 1.807) is 65.7 Å². The van der Waals surface area contributed by atoms with E-state index in [1.165, 1.54) is 19.1 Å². The molecule has 0 unspecified atom stereocenters. The minimum atomic E-state index is -0.643. The number of fused-ring (bicyclic) bond motifs is 8. The minimum Gasteiger partial charge on any atom is -0.493 e. The molecule has 0 aliphatic carbocycles. The van der Waals surface area contributed by atoms with E-state index in [9.17, 15) is 33.6 Å². The highest BCUT2D eigenvalue weighted by Crippen LogP contribution is 2.43. The lowest BCUT2D eigenvalue weighted by Gasteiger charge is -2.22. The molecule has 0 spiro atoms. The zero-order chi connectivity index (χ0) is 52.8. The molecule has 9 rings (SSSR count). The first-order valence-electron chi connectivity index (χ1n) is 24.4. The first kappa shape index (κ1) is 50.9. The van der Waals surface area contributed by atoms with Gasteiger partial charge in [0, 0.05) is 74.4 Å². The van der Waals surface area contributed by atoms with Crippen molar-refractivity contribution in [1.82, 2.24) is 16.0 Å².